The number of ether oxygens (including phenoxy) is 1. The Morgan fingerprint density at radius 3 is 2.72 bits per heavy atom. The number of piperidine rings is 1. The van der Waals surface area contributed by atoms with E-state index in [-0.39, 0.29) is 5.89 Å². The number of nitrogens with zero attached hydrogens (tertiary/aromatic N) is 3. The van der Waals surface area contributed by atoms with Crippen molar-refractivity contribution >= 4 is 15.7 Å². The lowest BCUT2D eigenvalue weighted by Crippen LogP contribution is -2.39. The maximum atomic E-state index is 12.4. The zero-order valence-electron chi connectivity index (χ0n) is 13.8. The van der Waals surface area contributed by atoms with Gasteiger partial charge in [-0.25, -0.2) is 8.42 Å². The normalized spacial score (nSPS) is 15.2. The van der Waals surface area contributed by atoms with E-state index in [1.807, 2.05) is 0 Å². The minimum atomic E-state index is -3.97. The van der Waals surface area contributed by atoms with E-state index >= 15 is 0 Å². The number of hydrogen-bond acceptors (Lipinski definition) is 7. The van der Waals surface area contributed by atoms with Crippen molar-refractivity contribution in [3.63, 3.8) is 0 Å². The quantitative estimate of drug-likeness (QED) is 0.791. The van der Waals surface area contributed by atoms with Crippen molar-refractivity contribution < 1.29 is 22.4 Å². The number of methoxy groups -OCH3 is 1. The summed E-state index contributed by atoms with van der Waals surface area (Å²) < 4.78 is 35.2. The lowest BCUT2D eigenvalue weighted by atomic mass is 10.1. The predicted octanol–water partition coefficient (Wildman–Crippen LogP) is 1.53. The molecule has 1 aliphatic heterocycles. The fourth-order valence-electron chi connectivity index (χ4n) is 2.67. The van der Waals surface area contributed by atoms with E-state index in [1.54, 1.807) is 29.2 Å². The minimum absolute atomic E-state index is 0.0582. The van der Waals surface area contributed by atoms with Gasteiger partial charge in [0.1, 0.15) is 11.5 Å². The molecule has 0 atom stereocenters. The van der Waals surface area contributed by atoms with E-state index in [0.717, 1.165) is 19.3 Å². The molecule has 0 radical (unpaired) electrons. The van der Waals surface area contributed by atoms with Gasteiger partial charge in [0.15, 0.2) is 0 Å². The molecule has 1 aromatic carbocycles. The van der Waals surface area contributed by atoms with Gasteiger partial charge in [-0.05, 0) is 37.5 Å². The Bertz CT molecular complexity index is 856. The van der Waals surface area contributed by atoms with Crippen molar-refractivity contribution in [2.75, 3.05) is 26.0 Å². The Labute approximate surface area is 145 Å². The highest BCUT2D eigenvalue weighted by Gasteiger charge is 2.29. The zero-order valence-corrected chi connectivity index (χ0v) is 14.7. The number of benzene rings is 1. The average molecular weight is 365 g/mol. The Kier molecular flexibility index (Phi) is 5.03. The summed E-state index contributed by atoms with van der Waals surface area (Å²) in [6.07, 6.45) is 2.85. The Balaban J connectivity index is 1.76. The molecule has 1 saturated heterocycles. The number of likely N-dealkylation sites (tertiary alicyclic amines) is 1. The highest BCUT2D eigenvalue weighted by atomic mass is 32.2. The van der Waals surface area contributed by atoms with Gasteiger partial charge in [-0.2, -0.15) is 0 Å². The molecular weight excluding hydrogens is 346 g/mol. The van der Waals surface area contributed by atoms with E-state index in [2.05, 4.69) is 10.2 Å². The molecule has 25 heavy (non-hydrogen) atoms. The summed E-state index contributed by atoms with van der Waals surface area (Å²) in [5, 5.41) is 6.83. The summed E-state index contributed by atoms with van der Waals surface area (Å²) in [5.41, 5.74) is 0.538. The first kappa shape index (κ1) is 17.4. The molecule has 0 spiro atoms. The van der Waals surface area contributed by atoms with Crippen LogP contribution in [0.1, 0.15) is 19.3 Å². The van der Waals surface area contributed by atoms with Crippen molar-refractivity contribution in [1.29, 1.82) is 0 Å². The first-order valence-corrected chi connectivity index (χ1v) is 9.63. The molecule has 3 rings (SSSR count). The molecule has 1 amide bonds. The second-order valence-electron chi connectivity index (χ2n) is 5.81. The highest BCUT2D eigenvalue weighted by molar-refractivity contribution is 7.91. The molecule has 1 fully saturated rings. The summed E-state index contributed by atoms with van der Waals surface area (Å²) in [6, 6.07) is 6.83. The van der Waals surface area contributed by atoms with Crippen LogP contribution in [0.2, 0.25) is 0 Å². The molecule has 2 heterocycles. The van der Waals surface area contributed by atoms with Gasteiger partial charge in [-0.1, -0.05) is 11.2 Å². The number of amides is 1. The summed E-state index contributed by atoms with van der Waals surface area (Å²) in [5.74, 6) is -0.448. The van der Waals surface area contributed by atoms with Gasteiger partial charge >= 0.3 is 5.22 Å². The van der Waals surface area contributed by atoms with Gasteiger partial charge in [-0.15, -0.1) is 5.10 Å². The van der Waals surface area contributed by atoms with Gasteiger partial charge in [0.25, 0.3) is 0 Å². The van der Waals surface area contributed by atoms with Crippen molar-refractivity contribution in [3.05, 3.63) is 24.3 Å². The number of sulfone groups is 1. The van der Waals surface area contributed by atoms with Gasteiger partial charge in [0.05, 0.1) is 7.11 Å². The van der Waals surface area contributed by atoms with Crippen molar-refractivity contribution in [1.82, 2.24) is 15.1 Å². The second-order valence-corrected chi connectivity index (χ2v) is 7.67. The fraction of sp³-hybridized carbons (Fsp3) is 0.438. The molecule has 0 unspecified atom stereocenters. The molecule has 0 aliphatic carbocycles. The molecule has 0 saturated carbocycles. The largest absolute Gasteiger partial charge is 0.497 e. The van der Waals surface area contributed by atoms with E-state index in [0.29, 0.717) is 24.4 Å². The standard InChI is InChI=1S/C16H19N3O5S/c1-23-13-7-5-6-12(10-13)15-17-18-16(24-15)25(21,22)11-14(20)19-8-3-2-4-9-19/h5-7,10H,2-4,8-9,11H2,1H3. The third-order valence-corrected chi connectivity index (χ3v) is 5.34. The highest BCUT2D eigenvalue weighted by Crippen LogP contribution is 2.24. The van der Waals surface area contributed by atoms with Crippen LogP contribution in [0.25, 0.3) is 11.5 Å². The van der Waals surface area contributed by atoms with E-state index < -0.39 is 26.7 Å². The predicted molar refractivity (Wildman–Crippen MR) is 88.8 cm³/mol. The van der Waals surface area contributed by atoms with Crippen LogP contribution in [0.15, 0.2) is 33.9 Å². The molecule has 8 nitrogen and oxygen atoms in total. The summed E-state index contributed by atoms with van der Waals surface area (Å²) >= 11 is 0. The third-order valence-electron chi connectivity index (χ3n) is 4.01. The van der Waals surface area contributed by atoms with Crippen molar-refractivity contribution in [2.24, 2.45) is 0 Å². The zero-order chi connectivity index (χ0) is 17.9. The first-order chi connectivity index (χ1) is 12.0. The van der Waals surface area contributed by atoms with Gasteiger partial charge < -0.3 is 14.1 Å². The van der Waals surface area contributed by atoms with E-state index in [1.165, 1.54) is 7.11 Å². The van der Waals surface area contributed by atoms with Crippen LogP contribution >= 0.6 is 0 Å². The third kappa shape index (κ3) is 3.98. The van der Waals surface area contributed by atoms with Crippen LogP contribution < -0.4 is 4.74 Å². The number of rotatable bonds is 5. The van der Waals surface area contributed by atoms with Crippen LogP contribution in [0.5, 0.6) is 5.75 Å². The first-order valence-electron chi connectivity index (χ1n) is 7.98. The maximum absolute atomic E-state index is 12.4. The SMILES string of the molecule is COc1cccc(-c2nnc(S(=O)(=O)CC(=O)N3CCCCC3)o2)c1. The molecule has 1 aliphatic rings. The number of aromatic nitrogens is 2. The van der Waals surface area contributed by atoms with Crippen LogP contribution in [-0.2, 0) is 14.6 Å². The second kappa shape index (κ2) is 7.22. The molecule has 0 bridgehead atoms. The molecule has 134 valence electrons. The monoisotopic (exact) mass is 365 g/mol. The van der Waals surface area contributed by atoms with Gasteiger partial charge in [-0.3, -0.25) is 4.79 Å². The van der Waals surface area contributed by atoms with E-state index in [9.17, 15) is 13.2 Å². The molecule has 0 N–H and O–H groups in total. The molecular formula is C16H19N3O5S. The Morgan fingerprint density at radius 2 is 2.00 bits per heavy atom. The number of carbonyl (C=O) groups is 1. The van der Waals surface area contributed by atoms with Crippen LogP contribution in [0, 0.1) is 0 Å². The Hall–Kier alpha value is -2.42. The summed E-state index contributed by atoms with van der Waals surface area (Å²) in [4.78, 5) is 13.8. The van der Waals surface area contributed by atoms with Gasteiger partial charge in [0.2, 0.25) is 21.6 Å². The summed E-state index contributed by atoms with van der Waals surface area (Å²) in [7, 11) is -2.45. The van der Waals surface area contributed by atoms with Crippen molar-refractivity contribution in [2.45, 2.75) is 24.5 Å². The molecule has 1 aromatic heterocycles. The fourth-order valence-corrected chi connectivity index (χ4v) is 3.67. The lowest BCUT2D eigenvalue weighted by Gasteiger charge is -2.26. The smallest absolute Gasteiger partial charge is 0.336 e. The van der Waals surface area contributed by atoms with Gasteiger partial charge in [0, 0.05) is 18.7 Å². The average Bonchev–Trinajstić information content (AvgIpc) is 3.13. The van der Waals surface area contributed by atoms with Crippen molar-refractivity contribution in [3.8, 4) is 17.2 Å². The van der Waals surface area contributed by atoms with Crippen LogP contribution in [0.4, 0.5) is 0 Å². The molecule has 2 aromatic rings. The number of carbonyl (C=O) groups excluding carboxylic acids is 1. The molecule has 9 heteroatoms. The number of hydrogen-bond donors (Lipinski definition) is 0. The van der Waals surface area contributed by atoms with Crippen LogP contribution in [0.3, 0.4) is 0 Å². The van der Waals surface area contributed by atoms with Crippen LogP contribution in [-0.4, -0.2) is 55.4 Å². The topological polar surface area (TPSA) is 103 Å². The minimum Gasteiger partial charge on any atom is -0.497 e. The summed E-state index contributed by atoms with van der Waals surface area (Å²) in [6.45, 7) is 1.18. The van der Waals surface area contributed by atoms with E-state index in [4.69, 9.17) is 9.15 Å². The lowest BCUT2D eigenvalue weighted by molar-refractivity contribution is -0.129. The Morgan fingerprint density at radius 1 is 1.24 bits per heavy atom. The maximum Gasteiger partial charge on any atom is 0.336 e.